The topological polar surface area (TPSA) is 72.1 Å². The standard InChI is InChI=1S/C17H17F3N4O2/c1-9-13(14-22-10(2)26-23-14)12-3-6-24(8-11(12)7-21-9)15(25)16(4-5-16)17(18,19)20/h7H,3-6,8H2,1-2H3. The number of hydrogen-bond donors (Lipinski definition) is 0. The van der Waals surface area contributed by atoms with Crippen molar-refractivity contribution in [3.8, 4) is 11.4 Å². The quantitative estimate of drug-likeness (QED) is 0.817. The predicted octanol–water partition coefficient (Wildman–Crippen LogP) is 2.98. The van der Waals surface area contributed by atoms with Crippen molar-refractivity contribution in [2.24, 2.45) is 5.41 Å². The molecule has 0 N–H and O–H groups in total. The molecule has 0 atom stereocenters. The smallest absolute Gasteiger partial charge is 0.339 e. The van der Waals surface area contributed by atoms with Crippen LogP contribution in [-0.2, 0) is 17.8 Å². The fourth-order valence-electron chi connectivity index (χ4n) is 3.57. The van der Waals surface area contributed by atoms with Crippen molar-refractivity contribution in [2.45, 2.75) is 45.8 Å². The molecule has 0 saturated heterocycles. The van der Waals surface area contributed by atoms with Crippen LogP contribution >= 0.6 is 0 Å². The molecule has 1 aliphatic heterocycles. The molecule has 2 aromatic rings. The second-order valence-electron chi connectivity index (χ2n) is 6.92. The van der Waals surface area contributed by atoms with E-state index in [1.54, 1.807) is 13.1 Å². The number of nitrogens with zero attached hydrogens (tertiary/aromatic N) is 4. The third-order valence-electron chi connectivity index (χ3n) is 5.20. The number of amides is 1. The van der Waals surface area contributed by atoms with Crippen LogP contribution in [0.2, 0.25) is 0 Å². The summed E-state index contributed by atoms with van der Waals surface area (Å²) in [6.07, 6.45) is -2.70. The van der Waals surface area contributed by atoms with E-state index in [1.807, 2.05) is 6.92 Å². The van der Waals surface area contributed by atoms with Gasteiger partial charge in [0.2, 0.25) is 17.6 Å². The second kappa shape index (κ2) is 5.52. The van der Waals surface area contributed by atoms with Crippen molar-refractivity contribution in [3.63, 3.8) is 0 Å². The predicted molar refractivity (Wildman–Crippen MR) is 83.8 cm³/mol. The van der Waals surface area contributed by atoms with Gasteiger partial charge < -0.3 is 9.42 Å². The molecular weight excluding hydrogens is 349 g/mol. The summed E-state index contributed by atoms with van der Waals surface area (Å²) in [7, 11) is 0. The van der Waals surface area contributed by atoms with Gasteiger partial charge in [-0.1, -0.05) is 5.16 Å². The molecule has 2 aromatic heterocycles. The van der Waals surface area contributed by atoms with E-state index in [-0.39, 0.29) is 25.9 Å². The normalized spacial score (nSPS) is 18.6. The number of aromatic nitrogens is 3. The minimum absolute atomic E-state index is 0.114. The molecule has 138 valence electrons. The van der Waals surface area contributed by atoms with E-state index in [0.717, 1.165) is 22.4 Å². The first kappa shape index (κ1) is 17.0. The fraction of sp³-hybridized carbons (Fsp3) is 0.529. The van der Waals surface area contributed by atoms with Crippen molar-refractivity contribution in [3.05, 3.63) is 28.9 Å². The number of fused-ring (bicyclic) bond motifs is 1. The average molecular weight is 366 g/mol. The van der Waals surface area contributed by atoms with E-state index < -0.39 is 17.5 Å². The Balaban J connectivity index is 1.66. The summed E-state index contributed by atoms with van der Waals surface area (Å²) < 4.78 is 44.8. The molecule has 26 heavy (non-hydrogen) atoms. The fourth-order valence-corrected chi connectivity index (χ4v) is 3.57. The van der Waals surface area contributed by atoms with Gasteiger partial charge in [-0.3, -0.25) is 9.78 Å². The van der Waals surface area contributed by atoms with Crippen molar-refractivity contribution in [1.82, 2.24) is 20.0 Å². The van der Waals surface area contributed by atoms with Crippen LogP contribution in [-0.4, -0.2) is 38.7 Å². The first-order chi connectivity index (χ1) is 12.2. The number of pyridine rings is 1. The van der Waals surface area contributed by atoms with Crippen LogP contribution in [0.4, 0.5) is 13.2 Å². The summed E-state index contributed by atoms with van der Waals surface area (Å²) in [4.78, 5) is 22.4. The average Bonchev–Trinajstić information content (AvgIpc) is 3.31. The van der Waals surface area contributed by atoms with Crippen LogP contribution in [0.5, 0.6) is 0 Å². The maximum atomic E-state index is 13.3. The second-order valence-corrected chi connectivity index (χ2v) is 6.92. The largest absolute Gasteiger partial charge is 0.403 e. The van der Waals surface area contributed by atoms with Crippen molar-refractivity contribution in [1.29, 1.82) is 0 Å². The summed E-state index contributed by atoms with van der Waals surface area (Å²) >= 11 is 0. The van der Waals surface area contributed by atoms with Gasteiger partial charge in [0.05, 0.1) is 0 Å². The molecule has 6 nitrogen and oxygen atoms in total. The Hall–Kier alpha value is -2.45. The monoisotopic (exact) mass is 366 g/mol. The summed E-state index contributed by atoms with van der Waals surface area (Å²) in [5.74, 6) is 0.0109. The van der Waals surface area contributed by atoms with E-state index in [2.05, 4.69) is 15.1 Å². The van der Waals surface area contributed by atoms with Crippen LogP contribution in [0.3, 0.4) is 0 Å². The molecule has 1 fully saturated rings. The number of carbonyl (C=O) groups excluding carboxylic acids is 1. The van der Waals surface area contributed by atoms with E-state index in [0.29, 0.717) is 18.1 Å². The van der Waals surface area contributed by atoms with Gasteiger partial charge in [-0.15, -0.1) is 0 Å². The summed E-state index contributed by atoms with van der Waals surface area (Å²) in [5.41, 5.74) is 0.919. The molecule has 0 bridgehead atoms. The molecular formula is C17H17F3N4O2. The molecule has 1 aliphatic carbocycles. The number of hydrogen-bond acceptors (Lipinski definition) is 5. The molecule has 2 aliphatic rings. The van der Waals surface area contributed by atoms with E-state index in [9.17, 15) is 18.0 Å². The Morgan fingerprint density at radius 1 is 1.31 bits per heavy atom. The molecule has 0 aromatic carbocycles. The number of carbonyl (C=O) groups is 1. The Bertz CT molecular complexity index is 887. The van der Waals surface area contributed by atoms with Gasteiger partial charge >= 0.3 is 6.18 Å². The Morgan fingerprint density at radius 2 is 2.04 bits per heavy atom. The van der Waals surface area contributed by atoms with Gasteiger partial charge in [-0.2, -0.15) is 18.2 Å². The highest BCUT2D eigenvalue weighted by atomic mass is 19.4. The molecule has 4 rings (SSSR count). The summed E-state index contributed by atoms with van der Waals surface area (Å²) in [6.45, 7) is 3.85. The number of halogens is 3. The maximum Gasteiger partial charge on any atom is 0.403 e. The zero-order valence-electron chi connectivity index (χ0n) is 14.4. The molecule has 0 spiro atoms. The first-order valence-electron chi connectivity index (χ1n) is 8.37. The van der Waals surface area contributed by atoms with Gasteiger partial charge in [0, 0.05) is 37.5 Å². The van der Waals surface area contributed by atoms with E-state index in [1.165, 1.54) is 4.90 Å². The summed E-state index contributed by atoms with van der Waals surface area (Å²) in [5, 5.41) is 3.94. The van der Waals surface area contributed by atoms with Gasteiger partial charge in [0.15, 0.2) is 0 Å². The lowest BCUT2D eigenvalue weighted by atomic mass is 9.93. The number of aryl methyl sites for hydroxylation is 2. The molecule has 1 saturated carbocycles. The van der Waals surface area contributed by atoms with Crippen molar-refractivity contribution in [2.75, 3.05) is 6.54 Å². The lowest BCUT2D eigenvalue weighted by Gasteiger charge is -2.33. The van der Waals surface area contributed by atoms with E-state index in [4.69, 9.17) is 4.52 Å². The van der Waals surface area contributed by atoms with Gasteiger partial charge in [0.1, 0.15) is 5.41 Å². The molecule has 0 unspecified atom stereocenters. The Labute approximate surface area is 147 Å². The highest BCUT2D eigenvalue weighted by Crippen LogP contribution is 2.58. The zero-order chi connectivity index (χ0) is 18.7. The molecule has 0 radical (unpaired) electrons. The van der Waals surface area contributed by atoms with Crippen molar-refractivity contribution < 1.29 is 22.5 Å². The first-order valence-corrected chi connectivity index (χ1v) is 8.37. The third kappa shape index (κ3) is 2.48. The number of alkyl halides is 3. The zero-order valence-corrected chi connectivity index (χ0v) is 14.4. The van der Waals surface area contributed by atoms with Crippen LogP contribution in [0.15, 0.2) is 10.7 Å². The third-order valence-corrected chi connectivity index (χ3v) is 5.20. The molecule has 3 heterocycles. The molecule has 1 amide bonds. The minimum atomic E-state index is -4.50. The van der Waals surface area contributed by atoms with Gasteiger partial charge in [-0.05, 0) is 37.3 Å². The Kier molecular flexibility index (Phi) is 3.61. The minimum Gasteiger partial charge on any atom is -0.339 e. The van der Waals surface area contributed by atoms with Crippen LogP contribution < -0.4 is 0 Å². The SMILES string of the molecule is Cc1nc(-c2c(C)ncc3c2CCN(C(=O)C2(C(F)(F)F)CC2)C3)no1. The van der Waals surface area contributed by atoms with Gasteiger partial charge in [-0.25, -0.2) is 0 Å². The van der Waals surface area contributed by atoms with Crippen molar-refractivity contribution >= 4 is 5.91 Å². The highest BCUT2D eigenvalue weighted by Gasteiger charge is 2.69. The lowest BCUT2D eigenvalue weighted by Crippen LogP contribution is -2.46. The highest BCUT2D eigenvalue weighted by molar-refractivity contribution is 5.86. The summed E-state index contributed by atoms with van der Waals surface area (Å²) in [6, 6.07) is 0. The lowest BCUT2D eigenvalue weighted by molar-refractivity contribution is -0.199. The van der Waals surface area contributed by atoms with Crippen LogP contribution in [0, 0.1) is 19.3 Å². The molecule has 9 heteroatoms. The van der Waals surface area contributed by atoms with Crippen LogP contribution in [0.25, 0.3) is 11.4 Å². The number of rotatable bonds is 2. The van der Waals surface area contributed by atoms with Crippen LogP contribution in [0.1, 0.15) is 35.6 Å². The Morgan fingerprint density at radius 3 is 2.62 bits per heavy atom. The van der Waals surface area contributed by atoms with Gasteiger partial charge in [0.25, 0.3) is 0 Å². The van der Waals surface area contributed by atoms with E-state index >= 15 is 0 Å². The maximum absolute atomic E-state index is 13.3.